The lowest BCUT2D eigenvalue weighted by Gasteiger charge is -2.14. The summed E-state index contributed by atoms with van der Waals surface area (Å²) < 4.78 is 18.5. The Morgan fingerprint density at radius 3 is 2.75 bits per heavy atom. The Labute approximate surface area is 93.8 Å². The molecule has 1 aromatic rings. The first-order valence-corrected chi connectivity index (χ1v) is 4.96. The Bertz CT molecular complexity index is 382. The summed E-state index contributed by atoms with van der Waals surface area (Å²) in [5.74, 6) is -0.217. The maximum Gasteiger partial charge on any atom is 0.314 e. The second kappa shape index (κ2) is 5.34. The van der Waals surface area contributed by atoms with E-state index in [-0.39, 0.29) is 12.3 Å². The third-order valence-electron chi connectivity index (χ3n) is 2.09. The van der Waals surface area contributed by atoms with Crippen molar-refractivity contribution in [1.29, 1.82) is 0 Å². The summed E-state index contributed by atoms with van der Waals surface area (Å²) in [7, 11) is 1.55. The number of urea groups is 1. The second-order valence-electron chi connectivity index (χ2n) is 3.39. The van der Waals surface area contributed by atoms with Crippen LogP contribution in [-0.2, 0) is 6.54 Å². The van der Waals surface area contributed by atoms with Gasteiger partial charge in [-0.2, -0.15) is 0 Å². The van der Waals surface area contributed by atoms with Gasteiger partial charge in [0.15, 0.2) is 11.6 Å². The van der Waals surface area contributed by atoms with Gasteiger partial charge in [0.25, 0.3) is 0 Å². The molecule has 0 heterocycles. The van der Waals surface area contributed by atoms with Crippen molar-refractivity contribution in [2.24, 2.45) is 5.73 Å². The van der Waals surface area contributed by atoms with Crippen molar-refractivity contribution in [3.63, 3.8) is 0 Å². The fourth-order valence-corrected chi connectivity index (χ4v) is 1.27. The van der Waals surface area contributed by atoms with Crippen LogP contribution in [0.15, 0.2) is 18.2 Å². The van der Waals surface area contributed by atoms with Gasteiger partial charge in [-0.05, 0) is 24.6 Å². The summed E-state index contributed by atoms with van der Waals surface area (Å²) in [4.78, 5) is 12.1. The molecule has 0 unspecified atom stereocenters. The van der Waals surface area contributed by atoms with E-state index in [1.165, 1.54) is 11.0 Å². The van der Waals surface area contributed by atoms with Crippen LogP contribution >= 0.6 is 0 Å². The van der Waals surface area contributed by atoms with Crippen LogP contribution < -0.4 is 10.5 Å². The highest BCUT2D eigenvalue weighted by atomic mass is 19.1. The molecule has 0 aliphatic heterocycles. The third kappa shape index (κ3) is 3.12. The van der Waals surface area contributed by atoms with Crippen molar-refractivity contribution in [3.8, 4) is 5.75 Å². The van der Waals surface area contributed by atoms with Crippen LogP contribution in [0.3, 0.4) is 0 Å². The van der Waals surface area contributed by atoms with Crippen molar-refractivity contribution >= 4 is 6.03 Å². The zero-order valence-corrected chi connectivity index (χ0v) is 9.37. The van der Waals surface area contributed by atoms with E-state index in [1.54, 1.807) is 26.1 Å². The van der Waals surface area contributed by atoms with Crippen LogP contribution in [-0.4, -0.2) is 24.6 Å². The Morgan fingerprint density at radius 1 is 1.56 bits per heavy atom. The zero-order valence-electron chi connectivity index (χ0n) is 9.37. The summed E-state index contributed by atoms with van der Waals surface area (Å²) in [5, 5.41) is 0. The minimum absolute atomic E-state index is 0.216. The molecule has 4 nitrogen and oxygen atoms in total. The molecule has 88 valence electrons. The van der Waals surface area contributed by atoms with E-state index in [0.29, 0.717) is 12.2 Å². The molecule has 0 radical (unpaired) electrons. The fourth-order valence-electron chi connectivity index (χ4n) is 1.27. The maximum atomic E-state index is 13.4. The number of nitrogens with zero attached hydrogens (tertiary/aromatic N) is 1. The molecule has 0 fully saturated rings. The number of hydrogen-bond acceptors (Lipinski definition) is 2. The van der Waals surface area contributed by atoms with Gasteiger partial charge in [0.1, 0.15) is 0 Å². The minimum atomic E-state index is -0.547. The van der Waals surface area contributed by atoms with E-state index in [4.69, 9.17) is 10.5 Å². The van der Waals surface area contributed by atoms with E-state index in [2.05, 4.69) is 0 Å². The van der Waals surface area contributed by atoms with Gasteiger partial charge >= 0.3 is 6.03 Å². The molecule has 0 spiro atoms. The van der Waals surface area contributed by atoms with Crippen LogP contribution in [0.1, 0.15) is 12.5 Å². The monoisotopic (exact) mass is 226 g/mol. The van der Waals surface area contributed by atoms with E-state index < -0.39 is 11.8 Å². The van der Waals surface area contributed by atoms with Gasteiger partial charge in [-0.3, -0.25) is 0 Å². The highest BCUT2D eigenvalue weighted by molar-refractivity contribution is 5.71. The van der Waals surface area contributed by atoms with Crippen LogP contribution in [0.4, 0.5) is 9.18 Å². The molecule has 0 atom stereocenters. The maximum absolute atomic E-state index is 13.4. The lowest BCUT2D eigenvalue weighted by atomic mass is 10.2. The van der Waals surface area contributed by atoms with Gasteiger partial charge < -0.3 is 15.4 Å². The predicted molar refractivity (Wildman–Crippen MR) is 58.6 cm³/mol. The topological polar surface area (TPSA) is 55.6 Å². The van der Waals surface area contributed by atoms with Gasteiger partial charge in [-0.15, -0.1) is 0 Å². The summed E-state index contributed by atoms with van der Waals surface area (Å²) >= 11 is 0. The van der Waals surface area contributed by atoms with E-state index in [0.717, 1.165) is 0 Å². The molecule has 0 aliphatic carbocycles. The first kappa shape index (κ1) is 12.3. The van der Waals surface area contributed by atoms with Crippen LogP contribution in [0.2, 0.25) is 0 Å². The number of benzene rings is 1. The normalized spacial score (nSPS) is 9.94. The summed E-state index contributed by atoms with van der Waals surface area (Å²) in [6, 6.07) is 4.04. The lowest BCUT2D eigenvalue weighted by molar-refractivity contribution is 0.216. The van der Waals surface area contributed by atoms with Gasteiger partial charge in [0.05, 0.1) is 6.61 Å². The fraction of sp³-hybridized carbons (Fsp3) is 0.364. The molecule has 2 N–H and O–H groups in total. The van der Waals surface area contributed by atoms with E-state index >= 15 is 0 Å². The van der Waals surface area contributed by atoms with Crippen LogP contribution in [0, 0.1) is 5.82 Å². The Hall–Kier alpha value is -1.78. The molecule has 0 saturated carbocycles. The molecule has 0 saturated heterocycles. The smallest absolute Gasteiger partial charge is 0.314 e. The molecule has 16 heavy (non-hydrogen) atoms. The average molecular weight is 226 g/mol. The molecule has 0 aromatic heterocycles. The van der Waals surface area contributed by atoms with Crippen molar-refractivity contribution in [3.05, 3.63) is 29.6 Å². The highest BCUT2D eigenvalue weighted by Crippen LogP contribution is 2.18. The Morgan fingerprint density at radius 2 is 2.25 bits per heavy atom. The van der Waals surface area contributed by atoms with Crippen LogP contribution in [0.25, 0.3) is 0 Å². The number of carbonyl (C=O) groups is 1. The summed E-state index contributed by atoms with van der Waals surface area (Å²) in [6.45, 7) is 2.48. The number of nitrogens with two attached hydrogens (primary N) is 1. The Kier molecular flexibility index (Phi) is 4.10. The van der Waals surface area contributed by atoms with Crippen molar-refractivity contribution in [2.75, 3.05) is 13.7 Å². The molecule has 5 heteroatoms. The quantitative estimate of drug-likeness (QED) is 0.850. The van der Waals surface area contributed by atoms with Crippen LogP contribution in [0.5, 0.6) is 5.75 Å². The minimum Gasteiger partial charge on any atom is -0.491 e. The van der Waals surface area contributed by atoms with E-state index in [1.807, 2.05) is 0 Å². The number of amides is 2. The first-order valence-electron chi connectivity index (χ1n) is 4.96. The van der Waals surface area contributed by atoms with Crippen molar-refractivity contribution in [1.82, 2.24) is 4.90 Å². The molecular formula is C11H15FN2O2. The van der Waals surface area contributed by atoms with Crippen molar-refractivity contribution < 1.29 is 13.9 Å². The van der Waals surface area contributed by atoms with Gasteiger partial charge in [0, 0.05) is 13.6 Å². The molecule has 1 aromatic carbocycles. The standard InChI is InChI=1S/C11H15FN2O2/c1-3-16-10-5-4-8(6-9(10)12)7-14(2)11(13)15/h4-6H,3,7H2,1-2H3,(H2,13,15). The number of halogens is 1. The van der Waals surface area contributed by atoms with Gasteiger partial charge in [-0.1, -0.05) is 6.07 Å². The first-order chi connectivity index (χ1) is 7.54. The average Bonchev–Trinajstić information content (AvgIpc) is 2.22. The molecule has 1 rings (SSSR count). The van der Waals surface area contributed by atoms with Gasteiger partial charge in [-0.25, -0.2) is 9.18 Å². The van der Waals surface area contributed by atoms with Gasteiger partial charge in [0.2, 0.25) is 0 Å². The second-order valence-corrected chi connectivity index (χ2v) is 3.39. The number of primary amides is 1. The molecule has 0 aliphatic rings. The lowest BCUT2D eigenvalue weighted by Crippen LogP contribution is -2.31. The predicted octanol–water partition coefficient (Wildman–Crippen LogP) is 1.73. The summed E-state index contributed by atoms with van der Waals surface area (Å²) in [5.41, 5.74) is 5.74. The number of hydrogen-bond donors (Lipinski definition) is 1. The molecule has 0 bridgehead atoms. The third-order valence-corrected chi connectivity index (χ3v) is 2.09. The largest absolute Gasteiger partial charge is 0.491 e. The number of rotatable bonds is 4. The zero-order chi connectivity index (χ0) is 12.1. The van der Waals surface area contributed by atoms with Crippen molar-refractivity contribution in [2.45, 2.75) is 13.5 Å². The SMILES string of the molecule is CCOc1ccc(CN(C)C(N)=O)cc1F. The molecular weight excluding hydrogens is 211 g/mol. The summed E-state index contributed by atoms with van der Waals surface area (Å²) in [6.07, 6.45) is 0. The van der Waals surface area contributed by atoms with E-state index in [9.17, 15) is 9.18 Å². The Balaban J connectivity index is 2.77. The number of ether oxygens (including phenoxy) is 1. The molecule has 2 amide bonds. The highest BCUT2D eigenvalue weighted by Gasteiger charge is 2.08. The number of carbonyl (C=O) groups excluding carboxylic acids is 1.